The molecule has 0 unspecified atom stereocenters. The summed E-state index contributed by atoms with van der Waals surface area (Å²) < 4.78 is 0. The number of likely N-dealkylation sites (N-methyl/N-ethyl adjacent to an activating group) is 1. The minimum Gasteiger partial charge on any atom is -0.368 e. The molecular weight excluding hydrogens is 240 g/mol. The summed E-state index contributed by atoms with van der Waals surface area (Å²) in [5.41, 5.74) is 10.8. The summed E-state index contributed by atoms with van der Waals surface area (Å²) in [7, 11) is 0. The smallest absolute Gasteiger partial charge is 0.273 e. The van der Waals surface area contributed by atoms with E-state index < -0.39 is 5.91 Å². The van der Waals surface area contributed by atoms with Crippen LogP contribution in [0.5, 0.6) is 0 Å². The van der Waals surface area contributed by atoms with Crippen molar-refractivity contribution in [3.63, 3.8) is 0 Å². The van der Waals surface area contributed by atoms with Gasteiger partial charge in [-0.05, 0) is 13.5 Å². The van der Waals surface area contributed by atoms with Crippen molar-refractivity contribution < 1.29 is 9.59 Å². The van der Waals surface area contributed by atoms with E-state index in [1.807, 2.05) is 0 Å². The Hall–Kier alpha value is -1.47. The van der Waals surface area contributed by atoms with Gasteiger partial charge in [0.2, 0.25) is 5.91 Å². The summed E-state index contributed by atoms with van der Waals surface area (Å²) >= 11 is 1.39. The Morgan fingerprint density at radius 3 is 2.76 bits per heavy atom. The molecule has 1 aromatic heterocycles. The van der Waals surface area contributed by atoms with Crippen molar-refractivity contribution in [3.8, 4) is 0 Å². The summed E-state index contributed by atoms with van der Waals surface area (Å²) in [6.07, 6.45) is 0.653. The van der Waals surface area contributed by atoms with E-state index >= 15 is 0 Å². The zero-order valence-electron chi connectivity index (χ0n) is 9.68. The van der Waals surface area contributed by atoms with E-state index in [9.17, 15) is 9.59 Å². The number of aromatic nitrogens is 1. The Balaban J connectivity index is 2.75. The third kappa shape index (κ3) is 3.79. The molecule has 6 nitrogen and oxygen atoms in total. The van der Waals surface area contributed by atoms with Crippen molar-refractivity contribution in [2.75, 3.05) is 19.6 Å². The molecule has 0 spiro atoms. The molecule has 0 radical (unpaired) electrons. The first-order valence-corrected chi connectivity index (χ1v) is 6.18. The summed E-state index contributed by atoms with van der Waals surface area (Å²) in [5, 5.41) is 2.50. The zero-order valence-corrected chi connectivity index (χ0v) is 10.5. The van der Waals surface area contributed by atoms with Crippen molar-refractivity contribution >= 4 is 23.2 Å². The minimum atomic E-state index is -0.530. The van der Waals surface area contributed by atoms with Crippen LogP contribution in [0.1, 0.15) is 22.4 Å². The molecule has 7 heteroatoms. The predicted octanol–water partition coefficient (Wildman–Crippen LogP) is -0.408. The highest BCUT2D eigenvalue weighted by atomic mass is 32.1. The van der Waals surface area contributed by atoms with Crippen LogP contribution < -0.4 is 11.5 Å². The topological polar surface area (TPSA) is 102 Å². The highest BCUT2D eigenvalue weighted by Gasteiger charge is 2.18. The molecule has 0 atom stereocenters. The Bertz CT molecular complexity index is 405. The van der Waals surface area contributed by atoms with Crippen LogP contribution >= 0.6 is 11.3 Å². The highest BCUT2D eigenvalue weighted by molar-refractivity contribution is 7.09. The van der Waals surface area contributed by atoms with Crippen LogP contribution in [0.25, 0.3) is 0 Å². The van der Waals surface area contributed by atoms with Gasteiger partial charge in [-0.3, -0.25) is 9.59 Å². The lowest BCUT2D eigenvalue weighted by Gasteiger charge is -2.17. The molecule has 2 amide bonds. The number of hydrogen-bond acceptors (Lipinski definition) is 5. The van der Waals surface area contributed by atoms with Gasteiger partial charge in [-0.2, -0.15) is 0 Å². The number of thiazole rings is 1. The Morgan fingerprint density at radius 1 is 1.53 bits per heavy atom. The monoisotopic (exact) mass is 256 g/mol. The lowest BCUT2D eigenvalue weighted by atomic mass is 10.3. The number of rotatable bonds is 6. The van der Waals surface area contributed by atoms with Crippen molar-refractivity contribution in [1.82, 2.24) is 9.88 Å². The maximum absolute atomic E-state index is 12.0. The van der Waals surface area contributed by atoms with Gasteiger partial charge in [0.1, 0.15) is 5.69 Å². The molecule has 1 aromatic rings. The standard InChI is InChI=1S/C10H16N4O2S/c1-2-14(5-8(12)15)10(16)7-6-17-9(13-7)3-4-11/h6H,2-5,11H2,1H3,(H2,12,15). The molecule has 0 aliphatic heterocycles. The van der Waals surface area contributed by atoms with E-state index in [-0.39, 0.29) is 12.5 Å². The third-order valence-electron chi connectivity index (χ3n) is 2.14. The number of primary amides is 1. The fraction of sp³-hybridized carbons (Fsp3) is 0.500. The van der Waals surface area contributed by atoms with E-state index in [0.717, 1.165) is 5.01 Å². The second-order valence-corrected chi connectivity index (χ2v) is 4.39. The van der Waals surface area contributed by atoms with E-state index in [1.165, 1.54) is 16.2 Å². The SMILES string of the molecule is CCN(CC(N)=O)C(=O)c1csc(CCN)n1. The van der Waals surface area contributed by atoms with Gasteiger partial charge in [0.15, 0.2) is 0 Å². The van der Waals surface area contributed by atoms with Crippen molar-refractivity contribution in [3.05, 3.63) is 16.1 Å². The average molecular weight is 256 g/mol. The molecule has 0 bridgehead atoms. The maximum Gasteiger partial charge on any atom is 0.273 e. The molecule has 4 N–H and O–H groups in total. The van der Waals surface area contributed by atoms with Crippen molar-refractivity contribution in [2.45, 2.75) is 13.3 Å². The molecule has 0 saturated carbocycles. The molecule has 1 heterocycles. The van der Waals surface area contributed by atoms with Crippen LogP contribution in [0.2, 0.25) is 0 Å². The van der Waals surface area contributed by atoms with Gasteiger partial charge in [0.05, 0.1) is 11.6 Å². The maximum atomic E-state index is 12.0. The van der Waals surface area contributed by atoms with Crippen LogP contribution in [0.3, 0.4) is 0 Å². The van der Waals surface area contributed by atoms with Crippen LogP contribution in [-0.4, -0.2) is 41.3 Å². The van der Waals surface area contributed by atoms with Gasteiger partial charge in [-0.25, -0.2) is 4.98 Å². The van der Waals surface area contributed by atoms with E-state index in [4.69, 9.17) is 11.5 Å². The second-order valence-electron chi connectivity index (χ2n) is 3.45. The van der Waals surface area contributed by atoms with Crippen molar-refractivity contribution in [2.24, 2.45) is 11.5 Å². The van der Waals surface area contributed by atoms with Crippen molar-refractivity contribution in [1.29, 1.82) is 0 Å². The highest BCUT2D eigenvalue weighted by Crippen LogP contribution is 2.12. The third-order valence-corrected chi connectivity index (χ3v) is 3.05. The first-order chi connectivity index (χ1) is 8.08. The second kappa shape index (κ2) is 6.31. The first-order valence-electron chi connectivity index (χ1n) is 5.30. The lowest BCUT2D eigenvalue weighted by Crippen LogP contribution is -2.38. The number of nitrogens with zero attached hydrogens (tertiary/aromatic N) is 2. The van der Waals surface area contributed by atoms with Gasteiger partial charge in [-0.15, -0.1) is 11.3 Å². The molecule has 17 heavy (non-hydrogen) atoms. The number of hydrogen-bond donors (Lipinski definition) is 2. The normalized spacial score (nSPS) is 10.2. The van der Waals surface area contributed by atoms with Gasteiger partial charge < -0.3 is 16.4 Å². The molecule has 1 rings (SSSR count). The van der Waals surface area contributed by atoms with Gasteiger partial charge in [-0.1, -0.05) is 0 Å². The van der Waals surface area contributed by atoms with Crippen LogP contribution in [-0.2, 0) is 11.2 Å². The Labute approximate surface area is 104 Å². The summed E-state index contributed by atoms with van der Waals surface area (Å²) in [6.45, 7) is 2.62. The van der Waals surface area contributed by atoms with Crippen LogP contribution in [0.4, 0.5) is 0 Å². The zero-order chi connectivity index (χ0) is 12.8. The van der Waals surface area contributed by atoms with Gasteiger partial charge in [0.25, 0.3) is 5.91 Å². The quantitative estimate of drug-likeness (QED) is 0.722. The fourth-order valence-electron chi connectivity index (χ4n) is 1.32. The Kier molecular flexibility index (Phi) is 5.05. The van der Waals surface area contributed by atoms with Crippen LogP contribution in [0, 0.1) is 0 Å². The number of carbonyl (C=O) groups is 2. The van der Waals surface area contributed by atoms with E-state index in [1.54, 1.807) is 12.3 Å². The molecule has 0 saturated heterocycles. The van der Waals surface area contributed by atoms with Crippen LogP contribution in [0.15, 0.2) is 5.38 Å². The number of amides is 2. The predicted molar refractivity (Wildman–Crippen MR) is 65.6 cm³/mol. The average Bonchev–Trinajstić information content (AvgIpc) is 2.74. The first kappa shape index (κ1) is 13.6. The molecule has 0 fully saturated rings. The Morgan fingerprint density at radius 2 is 2.24 bits per heavy atom. The summed E-state index contributed by atoms with van der Waals surface area (Å²) in [4.78, 5) is 28.3. The van der Waals surface area contributed by atoms with Gasteiger partial charge >= 0.3 is 0 Å². The largest absolute Gasteiger partial charge is 0.368 e. The summed E-state index contributed by atoms with van der Waals surface area (Å²) in [5.74, 6) is -0.802. The molecule has 0 aromatic carbocycles. The van der Waals surface area contributed by atoms with Gasteiger partial charge in [0, 0.05) is 18.3 Å². The molecule has 94 valence electrons. The number of carbonyl (C=O) groups excluding carboxylic acids is 2. The molecule has 0 aliphatic rings. The minimum absolute atomic E-state index is 0.0842. The fourth-order valence-corrected chi connectivity index (χ4v) is 2.11. The van der Waals surface area contributed by atoms with E-state index in [0.29, 0.717) is 25.2 Å². The molecule has 0 aliphatic carbocycles. The number of nitrogens with two attached hydrogens (primary N) is 2. The molecular formula is C10H16N4O2S. The lowest BCUT2D eigenvalue weighted by molar-refractivity contribution is -0.118. The van der Waals surface area contributed by atoms with E-state index in [2.05, 4.69) is 4.98 Å². The summed E-state index contributed by atoms with van der Waals surface area (Å²) in [6, 6.07) is 0.